The van der Waals surface area contributed by atoms with Gasteiger partial charge in [0.15, 0.2) is 5.76 Å². The monoisotopic (exact) mass is 304 g/mol. The number of furan rings is 1. The number of anilines is 1. The third-order valence-electron chi connectivity index (χ3n) is 4.10. The molecule has 4 aromatic rings. The second-order valence-corrected chi connectivity index (χ2v) is 5.51. The van der Waals surface area contributed by atoms with Gasteiger partial charge in [0, 0.05) is 27.5 Å². The third-order valence-corrected chi connectivity index (χ3v) is 4.10. The van der Waals surface area contributed by atoms with Gasteiger partial charge < -0.3 is 14.7 Å². The maximum atomic E-state index is 12.1. The van der Waals surface area contributed by atoms with Crippen LogP contribution in [0.5, 0.6) is 0 Å². The second-order valence-electron chi connectivity index (χ2n) is 5.51. The standard InChI is InChI=1S/C19H16N2O2/c1-2-12-5-3-6-15-14-9-8-13(11-16(14)21-18(12)15)20-19(22)17-7-4-10-23-17/h3-11,21H,2H2,1H3,(H,20,22). The van der Waals surface area contributed by atoms with E-state index in [2.05, 4.69) is 35.4 Å². The molecule has 2 aromatic carbocycles. The van der Waals surface area contributed by atoms with E-state index in [-0.39, 0.29) is 5.91 Å². The first-order valence-corrected chi connectivity index (χ1v) is 7.64. The number of carbonyl (C=O) groups excluding carboxylic acids is 1. The molecular formula is C19H16N2O2. The number of para-hydroxylation sites is 1. The molecule has 2 N–H and O–H groups in total. The smallest absolute Gasteiger partial charge is 0.291 e. The lowest BCUT2D eigenvalue weighted by molar-refractivity contribution is 0.0996. The predicted molar refractivity (Wildman–Crippen MR) is 91.8 cm³/mol. The molecule has 2 aromatic heterocycles. The van der Waals surface area contributed by atoms with Crippen molar-refractivity contribution in [2.75, 3.05) is 5.32 Å². The van der Waals surface area contributed by atoms with Crippen LogP contribution in [-0.2, 0) is 6.42 Å². The minimum Gasteiger partial charge on any atom is -0.459 e. The zero-order valence-corrected chi connectivity index (χ0v) is 12.7. The number of rotatable bonds is 3. The lowest BCUT2D eigenvalue weighted by Gasteiger charge is -2.03. The van der Waals surface area contributed by atoms with E-state index in [9.17, 15) is 4.79 Å². The molecule has 0 atom stereocenters. The Labute approximate surface area is 133 Å². The fraction of sp³-hybridized carbons (Fsp3) is 0.105. The Balaban J connectivity index is 1.76. The molecule has 0 unspecified atom stereocenters. The van der Waals surface area contributed by atoms with Crippen LogP contribution < -0.4 is 5.32 Å². The summed E-state index contributed by atoms with van der Waals surface area (Å²) in [4.78, 5) is 15.5. The van der Waals surface area contributed by atoms with Crippen LogP contribution in [0, 0.1) is 0 Å². The molecule has 23 heavy (non-hydrogen) atoms. The highest BCUT2D eigenvalue weighted by Crippen LogP contribution is 2.29. The van der Waals surface area contributed by atoms with Crippen molar-refractivity contribution in [1.82, 2.24) is 4.98 Å². The Morgan fingerprint density at radius 1 is 1.13 bits per heavy atom. The van der Waals surface area contributed by atoms with Gasteiger partial charge in [-0.1, -0.05) is 31.2 Å². The van der Waals surface area contributed by atoms with E-state index < -0.39 is 0 Å². The van der Waals surface area contributed by atoms with E-state index in [1.807, 2.05) is 18.2 Å². The Bertz CT molecular complexity index is 997. The number of hydrogen-bond acceptors (Lipinski definition) is 2. The van der Waals surface area contributed by atoms with Crippen LogP contribution in [0.3, 0.4) is 0 Å². The summed E-state index contributed by atoms with van der Waals surface area (Å²) in [6.07, 6.45) is 2.47. The summed E-state index contributed by atoms with van der Waals surface area (Å²) in [5.41, 5.74) is 4.21. The van der Waals surface area contributed by atoms with E-state index in [0.717, 1.165) is 23.0 Å². The molecule has 2 heterocycles. The van der Waals surface area contributed by atoms with Gasteiger partial charge in [0.1, 0.15) is 0 Å². The molecule has 0 fully saturated rings. The zero-order chi connectivity index (χ0) is 15.8. The van der Waals surface area contributed by atoms with Crippen LogP contribution >= 0.6 is 0 Å². The van der Waals surface area contributed by atoms with E-state index in [1.54, 1.807) is 12.1 Å². The summed E-state index contributed by atoms with van der Waals surface area (Å²) < 4.78 is 5.11. The number of benzene rings is 2. The summed E-state index contributed by atoms with van der Waals surface area (Å²) in [6.45, 7) is 2.15. The minimum absolute atomic E-state index is 0.250. The number of amides is 1. The number of fused-ring (bicyclic) bond motifs is 3. The van der Waals surface area contributed by atoms with Gasteiger partial charge in [0.2, 0.25) is 0 Å². The Hall–Kier alpha value is -3.01. The molecular weight excluding hydrogens is 288 g/mol. The summed E-state index contributed by atoms with van der Waals surface area (Å²) in [6, 6.07) is 15.6. The van der Waals surface area contributed by atoms with Crippen LogP contribution in [0.15, 0.2) is 59.2 Å². The molecule has 0 saturated carbocycles. The average Bonchev–Trinajstić information content (AvgIpc) is 3.21. The largest absolute Gasteiger partial charge is 0.459 e. The van der Waals surface area contributed by atoms with Gasteiger partial charge in [-0.25, -0.2) is 0 Å². The van der Waals surface area contributed by atoms with Gasteiger partial charge in [0.25, 0.3) is 5.91 Å². The number of aromatic amines is 1. The first-order valence-electron chi connectivity index (χ1n) is 7.64. The van der Waals surface area contributed by atoms with Crippen molar-refractivity contribution < 1.29 is 9.21 Å². The summed E-state index contributed by atoms with van der Waals surface area (Å²) in [5.74, 6) is 0.0507. The molecule has 114 valence electrons. The van der Waals surface area contributed by atoms with Crippen molar-refractivity contribution in [2.45, 2.75) is 13.3 Å². The maximum Gasteiger partial charge on any atom is 0.291 e. The van der Waals surface area contributed by atoms with E-state index in [0.29, 0.717) is 5.76 Å². The van der Waals surface area contributed by atoms with Gasteiger partial charge in [-0.2, -0.15) is 0 Å². The molecule has 0 aliphatic heterocycles. The Morgan fingerprint density at radius 2 is 2.04 bits per heavy atom. The lowest BCUT2D eigenvalue weighted by atomic mass is 10.1. The highest BCUT2D eigenvalue weighted by atomic mass is 16.3. The van der Waals surface area contributed by atoms with Crippen molar-refractivity contribution >= 4 is 33.4 Å². The molecule has 0 aliphatic carbocycles. The molecule has 0 radical (unpaired) electrons. The number of carbonyl (C=O) groups is 1. The van der Waals surface area contributed by atoms with Crippen LogP contribution in [0.1, 0.15) is 23.0 Å². The van der Waals surface area contributed by atoms with Crippen molar-refractivity contribution in [1.29, 1.82) is 0 Å². The van der Waals surface area contributed by atoms with Crippen molar-refractivity contribution in [2.24, 2.45) is 0 Å². The topological polar surface area (TPSA) is 58.0 Å². The molecule has 4 nitrogen and oxygen atoms in total. The van der Waals surface area contributed by atoms with Crippen LogP contribution in [0.25, 0.3) is 21.8 Å². The maximum absolute atomic E-state index is 12.1. The van der Waals surface area contributed by atoms with Gasteiger partial charge in [0.05, 0.1) is 6.26 Å². The summed E-state index contributed by atoms with van der Waals surface area (Å²) in [5, 5.41) is 5.23. The number of hydrogen-bond donors (Lipinski definition) is 2. The molecule has 0 bridgehead atoms. The van der Waals surface area contributed by atoms with E-state index in [4.69, 9.17) is 4.42 Å². The van der Waals surface area contributed by atoms with Crippen molar-refractivity contribution in [3.8, 4) is 0 Å². The summed E-state index contributed by atoms with van der Waals surface area (Å²) in [7, 11) is 0. The van der Waals surface area contributed by atoms with Gasteiger partial charge in [-0.05, 0) is 36.2 Å². The number of H-pyrrole nitrogens is 1. The minimum atomic E-state index is -0.250. The first kappa shape index (κ1) is 13.6. The Morgan fingerprint density at radius 3 is 2.83 bits per heavy atom. The van der Waals surface area contributed by atoms with Gasteiger partial charge in [-0.3, -0.25) is 4.79 Å². The molecule has 4 rings (SSSR count). The van der Waals surface area contributed by atoms with Crippen molar-refractivity contribution in [3.05, 3.63) is 66.1 Å². The fourth-order valence-electron chi connectivity index (χ4n) is 2.96. The van der Waals surface area contributed by atoms with Crippen LogP contribution in [-0.4, -0.2) is 10.9 Å². The molecule has 0 saturated heterocycles. The summed E-state index contributed by atoms with van der Waals surface area (Å²) >= 11 is 0. The van der Waals surface area contributed by atoms with E-state index >= 15 is 0 Å². The van der Waals surface area contributed by atoms with E-state index in [1.165, 1.54) is 22.7 Å². The quantitative estimate of drug-likeness (QED) is 0.575. The molecule has 1 amide bonds. The SMILES string of the molecule is CCc1cccc2c1[nH]c1cc(NC(=O)c3ccco3)ccc12. The molecule has 0 spiro atoms. The van der Waals surface area contributed by atoms with Crippen LogP contribution in [0.2, 0.25) is 0 Å². The van der Waals surface area contributed by atoms with Gasteiger partial charge in [-0.15, -0.1) is 0 Å². The first-order chi connectivity index (χ1) is 11.3. The van der Waals surface area contributed by atoms with Gasteiger partial charge >= 0.3 is 0 Å². The second kappa shape index (κ2) is 5.32. The average molecular weight is 304 g/mol. The normalized spacial score (nSPS) is 11.2. The predicted octanol–water partition coefficient (Wildman–Crippen LogP) is 4.73. The molecule has 0 aliphatic rings. The number of aromatic nitrogens is 1. The Kier molecular flexibility index (Phi) is 3.15. The highest BCUT2D eigenvalue weighted by molar-refractivity contribution is 6.10. The number of aryl methyl sites for hydroxylation is 1. The zero-order valence-electron chi connectivity index (χ0n) is 12.7. The van der Waals surface area contributed by atoms with Crippen molar-refractivity contribution in [3.63, 3.8) is 0 Å². The highest BCUT2D eigenvalue weighted by Gasteiger charge is 2.11. The number of nitrogens with one attached hydrogen (secondary N) is 2. The fourth-order valence-corrected chi connectivity index (χ4v) is 2.96. The third kappa shape index (κ3) is 2.28. The van der Waals surface area contributed by atoms with Crippen LogP contribution in [0.4, 0.5) is 5.69 Å². The lowest BCUT2D eigenvalue weighted by Crippen LogP contribution is -2.10. The molecule has 4 heteroatoms.